The van der Waals surface area contributed by atoms with Crippen LogP contribution in [-0.2, 0) is 11.2 Å². The Kier molecular flexibility index (Phi) is 3.78. The number of nitrogens with two attached hydrogens (primary N) is 1. The summed E-state index contributed by atoms with van der Waals surface area (Å²) >= 11 is 0. The number of rotatable bonds is 4. The molecular weight excluding hydrogens is 218 g/mol. The number of nitrogens with zero attached hydrogens (tertiary/aromatic N) is 2. The van der Waals surface area contributed by atoms with Gasteiger partial charge in [0.05, 0.1) is 12.5 Å². The predicted molar refractivity (Wildman–Crippen MR) is 63.6 cm³/mol. The number of hydrogen-bond donors (Lipinski definition) is 2. The Bertz CT molecular complexity index is 381. The van der Waals surface area contributed by atoms with E-state index in [1.165, 1.54) is 0 Å². The van der Waals surface area contributed by atoms with Gasteiger partial charge in [0.1, 0.15) is 0 Å². The van der Waals surface area contributed by atoms with Gasteiger partial charge in [-0.3, -0.25) is 9.48 Å². The molecule has 0 atom stereocenters. The Balaban J connectivity index is 2.03. The molecule has 0 unspecified atom stereocenters. The molecule has 94 valence electrons. The molecule has 1 aliphatic rings. The molecule has 1 saturated carbocycles. The minimum Gasteiger partial charge on any atom is -0.481 e. The van der Waals surface area contributed by atoms with Crippen LogP contribution in [0, 0.1) is 5.92 Å². The maximum atomic E-state index is 10.7. The van der Waals surface area contributed by atoms with Crippen molar-refractivity contribution >= 4 is 5.97 Å². The van der Waals surface area contributed by atoms with Crippen LogP contribution >= 0.6 is 0 Å². The van der Waals surface area contributed by atoms with Crippen LogP contribution in [0.5, 0.6) is 0 Å². The van der Waals surface area contributed by atoms with Gasteiger partial charge in [-0.1, -0.05) is 0 Å². The van der Waals surface area contributed by atoms with E-state index in [9.17, 15) is 4.79 Å². The average molecular weight is 237 g/mol. The molecule has 0 bridgehead atoms. The van der Waals surface area contributed by atoms with Gasteiger partial charge in [-0.2, -0.15) is 5.10 Å². The fourth-order valence-electron chi connectivity index (χ4n) is 2.59. The molecule has 2 rings (SSSR count). The molecule has 1 aromatic heterocycles. The molecule has 5 heteroatoms. The molecule has 17 heavy (non-hydrogen) atoms. The van der Waals surface area contributed by atoms with Crippen LogP contribution in [0.1, 0.15) is 37.4 Å². The van der Waals surface area contributed by atoms with Gasteiger partial charge < -0.3 is 10.8 Å². The third-order valence-corrected chi connectivity index (χ3v) is 3.58. The highest BCUT2D eigenvalue weighted by atomic mass is 16.4. The van der Waals surface area contributed by atoms with E-state index in [1.54, 1.807) is 12.3 Å². The zero-order chi connectivity index (χ0) is 12.3. The van der Waals surface area contributed by atoms with E-state index in [0.717, 1.165) is 37.9 Å². The summed E-state index contributed by atoms with van der Waals surface area (Å²) in [4.78, 5) is 10.7. The van der Waals surface area contributed by atoms with Crippen LogP contribution in [0.3, 0.4) is 0 Å². The van der Waals surface area contributed by atoms with E-state index in [2.05, 4.69) is 5.10 Å². The highest BCUT2D eigenvalue weighted by Gasteiger charge is 2.23. The summed E-state index contributed by atoms with van der Waals surface area (Å²) in [6, 6.07) is 2.14. The fraction of sp³-hybridized carbons (Fsp3) is 0.667. The lowest BCUT2D eigenvalue weighted by atomic mass is 9.86. The van der Waals surface area contributed by atoms with Gasteiger partial charge in [-0.05, 0) is 44.2 Å². The third kappa shape index (κ3) is 2.85. The molecule has 0 amide bonds. The van der Waals surface area contributed by atoms with Gasteiger partial charge in [-0.15, -0.1) is 0 Å². The lowest BCUT2D eigenvalue weighted by molar-refractivity contribution is -0.136. The maximum Gasteiger partial charge on any atom is 0.309 e. The maximum absolute atomic E-state index is 10.7. The highest BCUT2D eigenvalue weighted by molar-refractivity contribution is 5.69. The Hall–Kier alpha value is -1.36. The molecule has 0 aromatic carbocycles. The summed E-state index contributed by atoms with van der Waals surface area (Å²) in [5.41, 5.74) is 6.46. The van der Waals surface area contributed by atoms with Crippen molar-refractivity contribution in [1.82, 2.24) is 9.78 Å². The molecule has 0 aliphatic heterocycles. The number of carboxylic acids is 1. The standard InChI is InChI=1S/C12H19N3O2/c13-8-9-1-3-10(4-2-9)15-11(5-6-14-15)7-12(16)17/h5-6,9-10H,1-4,7-8,13H2,(H,16,17). The molecule has 0 radical (unpaired) electrons. The summed E-state index contributed by atoms with van der Waals surface area (Å²) in [6.45, 7) is 0.758. The molecule has 1 fully saturated rings. The average Bonchev–Trinajstić information content (AvgIpc) is 2.76. The van der Waals surface area contributed by atoms with E-state index in [-0.39, 0.29) is 6.42 Å². The first-order valence-corrected chi connectivity index (χ1v) is 6.15. The predicted octanol–water partition coefficient (Wildman–Crippen LogP) is 1.20. The van der Waals surface area contributed by atoms with Crippen LogP contribution in [0.2, 0.25) is 0 Å². The summed E-state index contributed by atoms with van der Waals surface area (Å²) < 4.78 is 1.89. The minimum atomic E-state index is -0.803. The van der Waals surface area contributed by atoms with Crippen LogP contribution in [-0.4, -0.2) is 27.4 Å². The van der Waals surface area contributed by atoms with E-state index in [4.69, 9.17) is 10.8 Å². The number of carboxylic acid groups (broad SMARTS) is 1. The quantitative estimate of drug-likeness (QED) is 0.824. The van der Waals surface area contributed by atoms with Crippen molar-refractivity contribution < 1.29 is 9.90 Å². The first-order chi connectivity index (χ1) is 8.20. The number of aromatic nitrogens is 2. The number of hydrogen-bond acceptors (Lipinski definition) is 3. The zero-order valence-corrected chi connectivity index (χ0v) is 9.88. The topological polar surface area (TPSA) is 81.1 Å². The molecule has 0 saturated heterocycles. The Morgan fingerprint density at radius 3 is 2.76 bits per heavy atom. The molecular formula is C12H19N3O2. The van der Waals surface area contributed by atoms with Crippen LogP contribution in [0.4, 0.5) is 0 Å². The van der Waals surface area contributed by atoms with Crippen molar-refractivity contribution in [3.05, 3.63) is 18.0 Å². The number of carbonyl (C=O) groups is 1. The van der Waals surface area contributed by atoms with Crippen molar-refractivity contribution in [3.8, 4) is 0 Å². The lowest BCUT2D eigenvalue weighted by Gasteiger charge is -2.28. The van der Waals surface area contributed by atoms with Crippen LogP contribution in [0.25, 0.3) is 0 Å². The molecule has 5 nitrogen and oxygen atoms in total. The summed E-state index contributed by atoms with van der Waals surface area (Å²) in [7, 11) is 0. The van der Waals surface area contributed by atoms with E-state index >= 15 is 0 Å². The summed E-state index contributed by atoms with van der Waals surface area (Å²) in [6.07, 6.45) is 6.08. The second-order valence-electron chi connectivity index (χ2n) is 4.75. The van der Waals surface area contributed by atoms with Crippen molar-refractivity contribution in [2.75, 3.05) is 6.54 Å². The lowest BCUT2D eigenvalue weighted by Crippen LogP contribution is -2.25. The summed E-state index contributed by atoms with van der Waals surface area (Å²) in [5.74, 6) is -0.174. The Morgan fingerprint density at radius 2 is 2.18 bits per heavy atom. The second kappa shape index (κ2) is 5.31. The van der Waals surface area contributed by atoms with Gasteiger partial charge in [0.25, 0.3) is 0 Å². The normalized spacial score (nSPS) is 24.8. The van der Waals surface area contributed by atoms with Gasteiger partial charge in [0.2, 0.25) is 0 Å². The first kappa shape index (κ1) is 12.1. The monoisotopic (exact) mass is 237 g/mol. The third-order valence-electron chi connectivity index (χ3n) is 3.58. The molecule has 0 spiro atoms. The first-order valence-electron chi connectivity index (χ1n) is 6.15. The minimum absolute atomic E-state index is 0.0524. The Labute approximate surface area is 101 Å². The van der Waals surface area contributed by atoms with E-state index in [0.29, 0.717) is 12.0 Å². The molecule has 1 aromatic rings. The van der Waals surface area contributed by atoms with Gasteiger partial charge in [0, 0.05) is 11.9 Å². The zero-order valence-electron chi connectivity index (χ0n) is 9.88. The van der Waals surface area contributed by atoms with Crippen molar-refractivity contribution in [2.24, 2.45) is 11.7 Å². The smallest absolute Gasteiger partial charge is 0.309 e. The fourth-order valence-corrected chi connectivity index (χ4v) is 2.59. The van der Waals surface area contributed by atoms with Gasteiger partial charge >= 0.3 is 5.97 Å². The van der Waals surface area contributed by atoms with Gasteiger partial charge in [-0.25, -0.2) is 0 Å². The van der Waals surface area contributed by atoms with Crippen LogP contribution < -0.4 is 5.73 Å². The highest BCUT2D eigenvalue weighted by Crippen LogP contribution is 2.31. The van der Waals surface area contributed by atoms with E-state index < -0.39 is 5.97 Å². The largest absolute Gasteiger partial charge is 0.481 e. The Morgan fingerprint density at radius 1 is 1.47 bits per heavy atom. The summed E-state index contributed by atoms with van der Waals surface area (Å²) in [5, 5.41) is 13.1. The SMILES string of the molecule is NCC1CCC(n2nccc2CC(=O)O)CC1. The van der Waals surface area contributed by atoms with E-state index in [1.807, 2.05) is 4.68 Å². The van der Waals surface area contributed by atoms with Gasteiger partial charge in [0.15, 0.2) is 0 Å². The number of aliphatic carboxylic acids is 1. The molecule has 3 N–H and O–H groups in total. The van der Waals surface area contributed by atoms with Crippen molar-refractivity contribution in [2.45, 2.75) is 38.1 Å². The second-order valence-corrected chi connectivity index (χ2v) is 4.75. The van der Waals surface area contributed by atoms with Crippen molar-refractivity contribution in [1.29, 1.82) is 0 Å². The molecule has 1 aliphatic carbocycles. The van der Waals surface area contributed by atoms with Crippen LogP contribution in [0.15, 0.2) is 12.3 Å². The van der Waals surface area contributed by atoms with Crippen molar-refractivity contribution in [3.63, 3.8) is 0 Å². The molecule has 1 heterocycles.